The minimum Gasteiger partial charge on any atom is -0.348 e. The molecule has 1 aliphatic rings. The molecule has 1 N–H and O–H groups in total. The summed E-state index contributed by atoms with van der Waals surface area (Å²) in [6.07, 6.45) is 1.34. The molecule has 0 bridgehead atoms. The Bertz CT molecular complexity index is 863. The molecule has 2 aromatic carbocycles. The highest BCUT2D eigenvalue weighted by Crippen LogP contribution is 2.30. The zero-order valence-electron chi connectivity index (χ0n) is 17.1. The number of nitrogens with one attached hydrogen (secondary N) is 1. The summed E-state index contributed by atoms with van der Waals surface area (Å²) in [4.78, 5) is 28.6. The maximum absolute atomic E-state index is 12.6. The van der Waals surface area contributed by atoms with E-state index in [0.29, 0.717) is 35.8 Å². The van der Waals surface area contributed by atoms with Crippen molar-refractivity contribution in [2.45, 2.75) is 39.8 Å². The number of nitrogens with zero attached hydrogens (tertiary/aromatic N) is 2. The van der Waals surface area contributed by atoms with Gasteiger partial charge in [-0.15, -0.1) is 0 Å². The van der Waals surface area contributed by atoms with Crippen LogP contribution in [0, 0.1) is 0 Å². The number of rotatable bonds is 8. The molecule has 154 valence electrons. The highest BCUT2D eigenvalue weighted by molar-refractivity contribution is 6.34. The number of halogens is 1. The van der Waals surface area contributed by atoms with E-state index in [0.717, 1.165) is 31.6 Å². The largest absolute Gasteiger partial charge is 0.348 e. The van der Waals surface area contributed by atoms with Gasteiger partial charge in [-0.05, 0) is 48.8 Å². The zero-order chi connectivity index (χ0) is 20.8. The van der Waals surface area contributed by atoms with Gasteiger partial charge < -0.3 is 10.2 Å². The van der Waals surface area contributed by atoms with Gasteiger partial charge in [-0.25, -0.2) is 0 Å². The molecule has 0 atom stereocenters. The summed E-state index contributed by atoms with van der Waals surface area (Å²) in [6, 6.07) is 13.4. The molecule has 1 saturated heterocycles. The van der Waals surface area contributed by atoms with Gasteiger partial charge >= 0.3 is 0 Å². The van der Waals surface area contributed by atoms with Gasteiger partial charge in [0.2, 0.25) is 5.91 Å². The van der Waals surface area contributed by atoms with Crippen LogP contribution < -0.4 is 10.2 Å². The fraction of sp³-hybridized carbons (Fsp3) is 0.391. The molecule has 5 nitrogen and oxygen atoms in total. The Hall–Kier alpha value is -2.37. The molecule has 3 rings (SSSR count). The summed E-state index contributed by atoms with van der Waals surface area (Å²) in [6.45, 7) is 8.40. The number of anilines is 1. The van der Waals surface area contributed by atoms with Crippen molar-refractivity contribution in [3.63, 3.8) is 0 Å². The van der Waals surface area contributed by atoms with Gasteiger partial charge in [-0.1, -0.05) is 49.7 Å². The van der Waals surface area contributed by atoms with Crippen LogP contribution in [0.25, 0.3) is 0 Å². The van der Waals surface area contributed by atoms with Crippen LogP contribution in [0.4, 0.5) is 5.69 Å². The van der Waals surface area contributed by atoms with E-state index in [4.69, 9.17) is 11.6 Å². The second-order valence-corrected chi connectivity index (χ2v) is 7.68. The summed E-state index contributed by atoms with van der Waals surface area (Å²) < 4.78 is 0. The minimum atomic E-state index is -0.179. The first-order valence-corrected chi connectivity index (χ1v) is 10.6. The number of hydrogen-bond donors (Lipinski definition) is 1. The van der Waals surface area contributed by atoms with Gasteiger partial charge in [-0.3, -0.25) is 14.5 Å². The molecular formula is C23H28ClN3O2. The lowest BCUT2D eigenvalue weighted by Crippen LogP contribution is -2.26. The average Bonchev–Trinajstić information content (AvgIpc) is 3.17. The van der Waals surface area contributed by atoms with Crippen LogP contribution >= 0.6 is 11.6 Å². The van der Waals surface area contributed by atoms with Crippen molar-refractivity contribution < 1.29 is 9.59 Å². The SMILES string of the molecule is CCN(CC)Cc1ccc(CNC(=O)c2ccc(Cl)c(N3CCCC3=O)c2)cc1. The molecule has 0 spiro atoms. The Balaban J connectivity index is 1.61. The average molecular weight is 414 g/mol. The Labute approximate surface area is 177 Å². The highest BCUT2D eigenvalue weighted by Gasteiger charge is 2.24. The summed E-state index contributed by atoms with van der Waals surface area (Å²) >= 11 is 6.26. The maximum atomic E-state index is 12.6. The van der Waals surface area contributed by atoms with Crippen LogP contribution in [0.15, 0.2) is 42.5 Å². The Kier molecular flexibility index (Phi) is 7.29. The first-order valence-electron chi connectivity index (χ1n) is 10.2. The molecule has 0 aliphatic carbocycles. The summed E-state index contributed by atoms with van der Waals surface area (Å²) in [5.41, 5.74) is 3.43. The topological polar surface area (TPSA) is 52.7 Å². The molecule has 2 aromatic rings. The van der Waals surface area contributed by atoms with Crippen LogP contribution in [0.5, 0.6) is 0 Å². The number of amides is 2. The molecule has 29 heavy (non-hydrogen) atoms. The van der Waals surface area contributed by atoms with Crippen LogP contribution in [0.3, 0.4) is 0 Å². The molecule has 0 unspecified atom stereocenters. The molecule has 0 aromatic heterocycles. The van der Waals surface area contributed by atoms with E-state index < -0.39 is 0 Å². The van der Waals surface area contributed by atoms with Crippen molar-refractivity contribution in [1.29, 1.82) is 0 Å². The Morgan fingerprint density at radius 1 is 1.10 bits per heavy atom. The van der Waals surface area contributed by atoms with E-state index in [1.54, 1.807) is 23.1 Å². The van der Waals surface area contributed by atoms with Crippen molar-refractivity contribution in [3.05, 3.63) is 64.2 Å². The van der Waals surface area contributed by atoms with Crippen LogP contribution in [-0.2, 0) is 17.9 Å². The van der Waals surface area contributed by atoms with Crippen molar-refractivity contribution in [2.75, 3.05) is 24.5 Å². The Morgan fingerprint density at radius 3 is 2.41 bits per heavy atom. The molecular weight excluding hydrogens is 386 g/mol. The van der Waals surface area contributed by atoms with E-state index in [-0.39, 0.29) is 11.8 Å². The van der Waals surface area contributed by atoms with Crippen molar-refractivity contribution in [2.24, 2.45) is 0 Å². The van der Waals surface area contributed by atoms with Crippen LogP contribution in [0.2, 0.25) is 5.02 Å². The van der Waals surface area contributed by atoms with Crippen molar-refractivity contribution >= 4 is 29.1 Å². The monoisotopic (exact) mass is 413 g/mol. The summed E-state index contributed by atoms with van der Waals surface area (Å²) in [5.74, 6) is -0.129. The third-order valence-electron chi connectivity index (χ3n) is 5.35. The number of carbonyl (C=O) groups is 2. The molecule has 2 amide bonds. The molecule has 1 fully saturated rings. The van der Waals surface area contributed by atoms with E-state index in [9.17, 15) is 9.59 Å². The summed E-state index contributed by atoms with van der Waals surface area (Å²) in [7, 11) is 0. The van der Waals surface area contributed by atoms with E-state index in [2.05, 4.69) is 48.3 Å². The van der Waals surface area contributed by atoms with Gasteiger partial charge in [0.15, 0.2) is 0 Å². The fourth-order valence-electron chi connectivity index (χ4n) is 3.52. The van der Waals surface area contributed by atoms with Gasteiger partial charge in [0, 0.05) is 31.6 Å². The van der Waals surface area contributed by atoms with Crippen LogP contribution in [0.1, 0.15) is 48.2 Å². The molecule has 1 heterocycles. The van der Waals surface area contributed by atoms with E-state index in [1.165, 1.54) is 5.56 Å². The van der Waals surface area contributed by atoms with Gasteiger partial charge in [0.05, 0.1) is 10.7 Å². The minimum absolute atomic E-state index is 0.0502. The molecule has 6 heteroatoms. The lowest BCUT2D eigenvalue weighted by atomic mass is 10.1. The second kappa shape index (κ2) is 9.90. The van der Waals surface area contributed by atoms with E-state index in [1.807, 2.05) is 0 Å². The number of benzene rings is 2. The molecule has 0 saturated carbocycles. The van der Waals surface area contributed by atoms with Gasteiger partial charge in [0.1, 0.15) is 0 Å². The number of carbonyl (C=O) groups excluding carboxylic acids is 2. The van der Waals surface area contributed by atoms with E-state index >= 15 is 0 Å². The lowest BCUT2D eigenvalue weighted by molar-refractivity contribution is -0.117. The van der Waals surface area contributed by atoms with Crippen molar-refractivity contribution in [1.82, 2.24) is 10.2 Å². The first kappa shape index (κ1) is 21.3. The quantitative estimate of drug-likeness (QED) is 0.704. The van der Waals surface area contributed by atoms with Crippen LogP contribution in [-0.4, -0.2) is 36.3 Å². The third-order valence-corrected chi connectivity index (χ3v) is 5.67. The predicted molar refractivity (Wildman–Crippen MR) is 117 cm³/mol. The lowest BCUT2D eigenvalue weighted by Gasteiger charge is -2.18. The standard InChI is InChI=1S/C23H28ClN3O2/c1-3-26(4-2)16-18-9-7-17(8-10-18)15-25-23(29)19-11-12-20(24)21(14-19)27-13-5-6-22(27)28/h7-12,14H,3-6,13,15-16H2,1-2H3,(H,25,29). The highest BCUT2D eigenvalue weighted by atomic mass is 35.5. The number of hydrogen-bond acceptors (Lipinski definition) is 3. The Morgan fingerprint density at radius 2 is 1.79 bits per heavy atom. The van der Waals surface area contributed by atoms with Gasteiger partial charge in [0.25, 0.3) is 5.91 Å². The smallest absolute Gasteiger partial charge is 0.251 e. The third kappa shape index (κ3) is 5.37. The first-order chi connectivity index (χ1) is 14.0. The molecule has 1 aliphatic heterocycles. The second-order valence-electron chi connectivity index (χ2n) is 7.28. The van der Waals surface area contributed by atoms with Gasteiger partial charge in [-0.2, -0.15) is 0 Å². The predicted octanol–water partition coefficient (Wildman–Crippen LogP) is 4.24. The zero-order valence-corrected chi connectivity index (χ0v) is 17.8. The maximum Gasteiger partial charge on any atom is 0.251 e. The molecule has 0 radical (unpaired) electrons. The normalized spacial score (nSPS) is 13.9. The van der Waals surface area contributed by atoms with Crippen molar-refractivity contribution in [3.8, 4) is 0 Å². The fourth-order valence-corrected chi connectivity index (χ4v) is 3.74. The summed E-state index contributed by atoms with van der Waals surface area (Å²) in [5, 5.41) is 3.44.